The van der Waals surface area contributed by atoms with Gasteiger partial charge in [0, 0.05) is 40.4 Å². The minimum atomic E-state index is 0.0572. The van der Waals surface area contributed by atoms with Gasteiger partial charge in [-0.15, -0.1) is 11.3 Å². The number of benzene rings is 2. The summed E-state index contributed by atoms with van der Waals surface area (Å²) in [6, 6.07) is 11.4. The largest absolute Gasteiger partial charge is 0.493 e. The summed E-state index contributed by atoms with van der Waals surface area (Å²) in [5.41, 5.74) is 9.53. The minimum Gasteiger partial charge on any atom is -0.493 e. The summed E-state index contributed by atoms with van der Waals surface area (Å²) in [5.74, 6) is 3.04. The average molecular weight is 576 g/mol. The van der Waals surface area contributed by atoms with Crippen LogP contribution in [0.25, 0.3) is 21.1 Å². The van der Waals surface area contributed by atoms with Crippen LogP contribution in [0.2, 0.25) is 0 Å². The molecule has 9 nitrogen and oxygen atoms in total. The first kappa shape index (κ1) is 26.1. The van der Waals surface area contributed by atoms with E-state index in [9.17, 15) is 4.79 Å². The number of nitrogens with two attached hydrogens (primary N) is 1. The molecule has 11 heteroatoms. The van der Waals surface area contributed by atoms with Crippen molar-refractivity contribution in [3.63, 3.8) is 0 Å². The van der Waals surface area contributed by atoms with E-state index in [1.165, 1.54) is 22.7 Å². The molecule has 2 aromatic carbocycles. The third-order valence-electron chi connectivity index (χ3n) is 7.31. The van der Waals surface area contributed by atoms with E-state index in [-0.39, 0.29) is 11.8 Å². The lowest BCUT2D eigenvalue weighted by Crippen LogP contribution is -2.25. The third kappa shape index (κ3) is 4.98. The van der Waals surface area contributed by atoms with Crippen molar-refractivity contribution in [3.8, 4) is 38.4 Å². The fourth-order valence-corrected chi connectivity index (χ4v) is 7.23. The first-order valence-corrected chi connectivity index (χ1v) is 14.5. The highest BCUT2D eigenvalue weighted by Gasteiger charge is 2.39. The van der Waals surface area contributed by atoms with Crippen molar-refractivity contribution >= 4 is 50.9 Å². The zero-order valence-corrected chi connectivity index (χ0v) is 23.9. The molecule has 206 valence electrons. The van der Waals surface area contributed by atoms with Gasteiger partial charge in [-0.25, -0.2) is 9.97 Å². The Labute approximate surface area is 240 Å². The predicted octanol–water partition coefficient (Wildman–Crippen LogP) is 6.44. The molecule has 4 N–H and O–H groups in total. The monoisotopic (exact) mass is 575 g/mol. The minimum absolute atomic E-state index is 0.0572. The molecule has 4 aromatic rings. The van der Waals surface area contributed by atoms with Crippen LogP contribution in [0.1, 0.15) is 12.8 Å². The van der Waals surface area contributed by atoms with Crippen molar-refractivity contribution in [2.75, 3.05) is 37.7 Å². The number of thiazole rings is 2. The van der Waals surface area contributed by atoms with E-state index >= 15 is 0 Å². The van der Waals surface area contributed by atoms with Crippen LogP contribution < -0.4 is 30.6 Å². The van der Waals surface area contributed by atoms with Gasteiger partial charge < -0.3 is 30.6 Å². The van der Waals surface area contributed by atoms with Gasteiger partial charge in [-0.05, 0) is 36.8 Å². The Balaban J connectivity index is 1.19. The molecule has 1 amide bonds. The summed E-state index contributed by atoms with van der Waals surface area (Å²) in [6.45, 7) is 0. The van der Waals surface area contributed by atoms with E-state index < -0.39 is 0 Å². The van der Waals surface area contributed by atoms with Crippen molar-refractivity contribution in [1.29, 1.82) is 0 Å². The lowest BCUT2D eigenvalue weighted by molar-refractivity contribution is -0.120. The van der Waals surface area contributed by atoms with E-state index in [0.717, 1.165) is 45.4 Å². The van der Waals surface area contributed by atoms with E-state index in [2.05, 4.69) is 27.8 Å². The standard InChI is InChI=1S/C29H29N5O4S2/c1-36-22-12-19(13-23(37-2)24(22)38-3)32-29-34-26(30)25(40-29)28-33-21(14-39-28)17-5-4-6-18(11-17)31-27(35)20-10-15-7-8-16(20)9-15/h4-8,11-16,20H,9-10,30H2,1-3H3,(H,31,35)(H,32,34)/t15-,16+,20?/m1/s1. The van der Waals surface area contributed by atoms with Gasteiger partial charge >= 0.3 is 0 Å². The maximum atomic E-state index is 12.9. The number of rotatable bonds is 9. The number of carbonyl (C=O) groups is 1. The molecular formula is C29H29N5O4S2. The third-order valence-corrected chi connectivity index (χ3v) is 9.29. The van der Waals surface area contributed by atoms with Crippen molar-refractivity contribution in [2.45, 2.75) is 12.8 Å². The lowest BCUT2D eigenvalue weighted by atomic mass is 9.93. The second-order valence-corrected chi connectivity index (χ2v) is 11.6. The van der Waals surface area contributed by atoms with Crippen molar-refractivity contribution in [3.05, 3.63) is 53.9 Å². The average Bonchev–Trinajstić information content (AvgIpc) is 3.77. The Hall–Kier alpha value is -4.09. The number of amides is 1. The number of anilines is 4. The van der Waals surface area contributed by atoms with Gasteiger partial charge in [-0.2, -0.15) is 0 Å². The SMILES string of the molecule is COc1cc(Nc2nc(N)c(-c3nc(-c4cccc(NC(=O)C5C[C@@H]6C=C[C@H]5C6)c4)cs3)s2)cc(OC)c1OC. The van der Waals surface area contributed by atoms with Gasteiger partial charge in [0.15, 0.2) is 16.6 Å². The quantitative estimate of drug-likeness (QED) is 0.195. The summed E-state index contributed by atoms with van der Waals surface area (Å²) in [6.07, 6.45) is 6.48. The number of carbonyl (C=O) groups excluding carboxylic acids is 1. The van der Waals surface area contributed by atoms with Crippen molar-refractivity contribution in [1.82, 2.24) is 9.97 Å². The molecule has 0 spiro atoms. The first-order chi connectivity index (χ1) is 19.4. The number of hydrogen-bond donors (Lipinski definition) is 3. The molecule has 0 saturated heterocycles. The summed E-state index contributed by atoms with van der Waals surface area (Å²) in [4.78, 5) is 23.0. The topological polar surface area (TPSA) is 121 Å². The number of allylic oxidation sites excluding steroid dienone is 2. The Kier molecular flexibility index (Phi) is 7.07. The second kappa shape index (κ2) is 10.8. The van der Waals surface area contributed by atoms with E-state index in [1.54, 1.807) is 33.5 Å². The number of hydrogen-bond acceptors (Lipinski definition) is 10. The molecule has 2 aliphatic carbocycles. The van der Waals surface area contributed by atoms with Gasteiger partial charge in [0.05, 0.1) is 27.0 Å². The van der Waals surface area contributed by atoms with Crippen LogP contribution in [0.15, 0.2) is 53.9 Å². The molecule has 6 rings (SSSR count). The first-order valence-electron chi connectivity index (χ1n) is 12.8. The van der Waals surface area contributed by atoms with Crippen LogP contribution in [0.4, 0.5) is 22.3 Å². The van der Waals surface area contributed by atoms with Crippen LogP contribution >= 0.6 is 22.7 Å². The highest BCUT2D eigenvalue weighted by atomic mass is 32.1. The molecule has 1 fully saturated rings. The van der Waals surface area contributed by atoms with Gasteiger partial charge in [0.1, 0.15) is 15.7 Å². The molecule has 2 aromatic heterocycles. The smallest absolute Gasteiger partial charge is 0.228 e. The van der Waals surface area contributed by atoms with Crippen LogP contribution in [-0.4, -0.2) is 37.2 Å². The molecule has 2 heterocycles. The molecule has 3 atom stereocenters. The summed E-state index contributed by atoms with van der Waals surface area (Å²) >= 11 is 2.91. The Morgan fingerprint density at radius 1 is 1.00 bits per heavy atom. The second-order valence-electron chi connectivity index (χ2n) is 9.77. The number of nitrogen functional groups attached to an aromatic ring is 1. The van der Waals surface area contributed by atoms with Crippen LogP contribution in [0.5, 0.6) is 17.2 Å². The van der Waals surface area contributed by atoms with Gasteiger partial charge in [-0.3, -0.25) is 4.79 Å². The van der Waals surface area contributed by atoms with Gasteiger partial charge in [0.2, 0.25) is 11.7 Å². The molecule has 1 unspecified atom stereocenters. The molecule has 0 radical (unpaired) electrons. The lowest BCUT2D eigenvalue weighted by Gasteiger charge is -2.17. The number of ether oxygens (including phenoxy) is 3. The fourth-order valence-electron chi connectivity index (χ4n) is 5.40. The van der Waals surface area contributed by atoms with E-state index in [1.807, 2.05) is 29.6 Å². The molecule has 1 saturated carbocycles. The number of aromatic nitrogens is 2. The summed E-state index contributed by atoms with van der Waals surface area (Å²) < 4.78 is 16.3. The zero-order valence-electron chi connectivity index (χ0n) is 22.3. The predicted molar refractivity (Wildman–Crippen MR) is 160 cm³/mol. The normalized spacial score (nSPS) is 19.0. The highest BCUT2D eigenvalue weighted by Crippen LogP contribution is 2.45. The number of nitrogens with zero attached hydrogens (tertiary/aromatic N) is 2. The molecular weight excluding hydrogens is 546 g/mol. The Bertz CT molecular complexity index is 1570. The maximum absolute atomic E-state index is 12.9. The Morgan fingerprint density at radius 3 is 2.48 bits per heavy atom. The molecule has 2 bridgehead atoms. The Morgan fingerprint density at radius 2 is 1.80 bits per heavy atom. The van der Waals surface area contributed by atoms with E-state index in [4.69, 9.17) is 24.9 Å². The van der Waals surface area contributed by atoms with Crippen LogP contribution in [-0.2, 0) is 4.79 Å². The maximum Gasteiger partial charge on any atom is 0.228 e. The molecule has 0 aliphatic heterocycles. The van der Waals surface area contributed by atoms with Gasteiger partial charge in [-0.1, -0.05) is 35.6 Å². The zero-order chi connectivity index (χ0) is 27.8. The van der Waals surface area contributed by atoms with Crippen LogP contribution in [0, 0.1) is 17.8 Å². The van der Waals surface area contributed by atoms with Crippen molar-refractivity contribution < 1.29 is 19.0 Å². The molecule has 40 heavy (non-hydrogen) atoms. The van der Waals surface area contributed by atoms with Crippen molar-refractivity contribution in [2.24, 2.45) is 17.8 Å². The summed E-state index contributed by atoms with van der Waals surface area (Å²) in [5, 5.41) is 9.76. The van der Waals surface area contributed by atoms with E-state index in [0.29, 0.717) is 40.0 Å². The number of methoxy groups -OCH3 is 3. The number of fused-ring (bicyclic) bond motifs is 2. The molecule has 2 aliphatic rings. The van der Waals surface area contributed by atoms with Gasteiger partial charge in [0.25, 0.3) is 0 Å². The van der Waals surface area contributed by atoms with Crippen LogP contribution in [0.3, 0.4) is 0 Å². The highest BCUT2D eigenvalue weighted by molar-refractivity contribution is 7.23. The summed E-state index contributed by atoms with van der Waals surface area (Å²) in [7, 11) is 4.70. The number of nitrogens with one attached hydrogen (secondary N) is 2. The fraction of sp³-hybridized carbons (Fsp3) is 0.276.